The van der Waals surface area contributed by atoms with Crippen molar-refractivity contribution >= 4 is 8.25 Å². The van der Waals surface area contributed by atoms with Crippen molar-refractivity contribution in [2.75, 3.05) is 13.1 Å². The summed E-state index contributed by atoms with van der Waals surface area (Å²) in [5.41, 5.74) is 8.63. The molecular weight excluding hydrogens is 157 g/mol. The zero-order valence-corrected chi connectivity index (χ0v) is 6.42. The molecule has 0 unspecified atom stereocenters. The van der Waals surface area contributed by atoms with Gasteiger partial charge in [0.05, 0.1) is 0 Å². The summed E-state index contributed by atoms with van der Waals surface area (Å²) < 4.78 is 8.74. The molecule has 62 valence electrons. The summed E-state index contributed by atoms with van der Waals surface area (Å²) in [5, 5.41) is 0. The molecule has 0 atom stereocenters. The van der Waals surface area contributed by atoms with Crippen LogP contribution in [0.5, 0.6) is 0 Å². The lowest BCUT2D eigenvalue weighted by Gasteiger charge is -2.12. The monoisotopic (exact) mass is 169 g/mol. The molecule has 5 N–H and O–H groups in total. The van der Waals surface area contributed by atoms with E-state index in [0.29, 0.717) is 0 Å². The zero-order valence-electron chi connectivity index (χ0n) is 5.42. The van der Waals surface area contributed by atoms with Crippen LogP contribution in [-0.4, -0.2) is 22.9 Å². The largest absolute Gasteiger partial charge is 0.326 e. The highest BCUT2D eigenvalue weighted by molar-refractivity contribution is 7.30. The second-order valence-corrected chi connectivity index (χ2v) is 2.18. The molecule has 10 heavy (non-hydrogen) atoms. The van der Waals surface area contributed by atoms with Crippen molar-refractivity contribution in [3.8, 4) is 0 Å². The Hall–Kier alpha value is 0.0300. The standard InChI is InChI=1S/C3H9N3.H3O3P/c1-2-4-6-5-3-1;1-4(2)3/h4-6H,1-3H2;4H,(H2,1,2,3). The molecule has 1 fully saturated rings. The SMILES string of the molecule is C1CNNNC1.O=[PH](O)O. The maximum absolute atomic E-state index is 8.74. The molecule has 1 aliphatic rings. The lowest BCUT2D eigenvalue weighted by Crippen LogP contribution is -2.49. The van der Waals surface area contributed by atoms with E-state index in [1.165, 1.54) is 6.42 Å². The summed E-state index contributed by atoms with van der Waals surface area (Å²) in [4.78, 5) is 14.3. The van der Waals surface area contributed by atoms with Gasteiger partial charge in [-0.05, 0) is 6.42 Å². The van der Waals surface area contributed by atoms with Gasteiger partial charge in [0, 0.05) is 13.1 Å². The second-order valence-electron chi connectivity index (χ2n) is 1.61. The van der Waals surface area contributed by atoms with Gasteiger partial charge < -0.3 is 9.79 Å². The molecule has 7 heteroatoms. The van der Waals surface area contributed by atoms with Gasteiger partial charge in [-0.15, -0.1) is 0 Å². The lowest BCUT2D eigenvalue weighted by molar-refractivity contribution is 0.372. The molecule has 0 amide bonds. The van der Waals surface area contributed by atoms with Crippen molar-refractivity contribution in [1.82, 2.24) is 16.4 Å². The first-order valence-electron chi connectivity index (χ1n) is 2.86. The van der Waals surface area contributed by atoms with Crippen LogP contribution in [0, 0.1) is 0 Å². The highest BCUT2D eigenvalue weighted by Gasteiger charge is 1.90. The first-order chi connectivity index (χ1) is 4.73. The Kier molecular flexibility index (Phi) is 7.16. The molecule has 6 nitrogen and oxygen atoms in total. The smallest absolute Gasteiger partial charge is 0.314 e. The van der Waals surface area contributed by atoms with Crippen molar-refractivity contribution in [2.45, 2.75) is 6.42 Å². The molecule has 0 aromatic heterocycles. The van der Waals surface area contributed by atoms with E-state index in [1.54, 1.807) is 0 Å². The zero-order chi connectivity index (χ0) is 7.82. The summed E-state index contributed by atoms with van der Waals surface area (Å²) in [6.07, 6.45) is 1.22. The predicted octanol–water partition coefficient (Wildman–Crippen LogP) is -1.65. The molecule has 0 aromatic carbocycles. The van der Waals surface area contributed by atoms with Crippen LogP contribution < -0.4 is 16.4 Å². The Morgan fingerprint density at radius 2 is 1.60 bits per heavy atom. The lowest BCUT2D eigenvalue weighted by atomic mass is 10.4. The Labute approximate surface area is 59.5 Å². The Balaban J connectivity index is 0.000000180. The van der Waals surface area contributed by atoms with Gasteiger partial charge in [0.25, 0.3) is 0 Å². The van der Waals surface area contributed by atoms with Crippen LogP contribution in [0.1, 0.15) is 6.42 Å². The summed E-state index contributed by atoms with van der Waals surface area (Å²) in [6, 6.07) is 0. The average molecular weight is 169 g/mol. The third-order valence-electron chi connectivity index (χ3n) is 0.780. The van der Waals surface area contributed by atoms with Gasteiger partial charge >= 0.3 is 8.25 Å². The summed E-state index contributed by atoms with van der Waals surface area (Å²) >= 11 is 0. The molecule has 1 rings (SSSR count). The van der Waals surface area contributed by atoms with Crippen molar-refractivity contribution < 1.29 is 14.4 Å². The maximum atomic E-state index is 8.74. The second kappa shape index (κ2) is 7.14. The Morgan fingerprint density at radius 1 is 1.20 bits per heavy atom. The van der Waals surface area contributed by atoms with E-state index < -0.39 is 8.25 Å². The quantitative estimate of drug-likeness (QED) is 0.279. The minimum absolute atomic E-state index is 1.08. The third-order valence-corrected chi connectivity index (χ3v) is 0.780. The Bertz CT molecular complexity index is 81.5. The number of hydrogen-bond donors (Lipinski definition) is 5. The van der Waals surface area contributed by atoms with Gasteiger partial charge in [0.2, 0.25) is 0 Å². The van der Waals surface area contributed by atoms with Gasteiger partial charge in [-0.2, -0.15) is 5.53 Å². The van der Waals surface area contributed by atoms with Crippen molar-refractivity contribution in [3.05, 3.63) is 0 Å². The number of hydrogen-bond acceptors (Lipinski definition) is 4. The van der Waals surface area contributed by atoms with Crippen molar-refractivity contribution in [2.24, 2.45) is 0 Å². The molecule has 1 saturated heterocycles. The minimum Gasteiger partial charge on any atom is -0.326 e. The molecule has 0 aromatic rings. The van der Waals surface area contributed by atoms with Gasteiger partial charge in [0.15, 0.2) is 0 Å². The topological polar surface area (TPSA) is 93.6 Å². The van der Waals surface area contributed by atoms with E-state index in [2.05, 4.69) is 16.4 Å². The highest BCUT2D eigenvalue weighted by atomic mass is 31.1. The number of nitrogens with one attached hydrogen (secondary N) is 3. The van der Waals surface area contributed by atoms with Crippen LogP contribution >= 0.6 is 8.25 Å². The summed E-state index contributed by atoms with van der Waals surface area (Å²) in [6.45, 7) is 2.15. The maximum Gasteiger partial charge on any atom is 0.314 e. The molecule has 0 bridgehead atoms. The summed E-state index contributed by atoms with van der Waals surface area (Å²) in [5.74, 6) is 0. The average Bonchev–Trinajstić information content (AvgIpc) is 1.90. The fraction of sp³-hybridized carbons (Fsp3) is 1.00. The molecule has 0 spiro atoms. The number of hydrazine groups is 2. The van der Waals surface area contributed by atoms with Gasteiger partial charge in [-0.25, -0.2) is 10.9 Å². The molecule has 1 heterocycles. The van der Waals surface area contributed by atoms with E-state index >= 15 is 0 Å². The minimum atomic E-state index is -3.13. The van der Waals surface area contributed by atoms with Crippen LogP contribution in [-0.2, 0) is 4.57 Å². The molecule has 0 aliphatic carbocycles. The van der Waals surface area contributed by atoms with Crippen LogP contribution in [0.3, 0.4) is 0 Å². The van der Waals surface area contributed by atoms with Crippen molar-refractivity contribution in [1.29, 1.82) is 0 Å². The van der Waals surface area contributed by atoms with Crippen LogP contribution in [0.25, 0.3) is 0 Å². The van der Waals surface area contributed by atoms with E-state index in [1.807, 2.05) is 0 Å². The third kappa shape index (κ3) is 10.9. The van der Waals surface area contributed by atoms with Crippen LogP contribution in [0.15, 0.2) is 0 Å². The van der Waals surface area contributed by atoms with Gasteiger partial charge in [-0.3, -0.25) is 4.57 Å². The molecule has 0 radical (unpaired) electrons. The predicted molar refractivity (Wildman–Crippen MR) is 37.2 cm³/mol. The van der Waals surface area contributed by atoms with Crippen LogP contribution in [0.2, 0.25) is 0 Å². The fourth-order valence-electron chi connectivity index (χ4n) is 0.453. The highest BCUT2D eigenvalue weighted by Crippen LogP contribution is 1.98. The number of rotatable bonds is 0. The Morgan fingerprint density at radius 3 is 1.70 bits per heavy atom. The molecule has 0 saturated carbocycles. The first-order valence-corrected chi connectivity index (χ1v) is 4.16. The van der Waals surface area contributed by atoms with Gasteiger partial charge in [-0.1, -0.05) is 0 Å². The van der Waals surface area contributed by atoms with E-state index in [9.17, 15) is 0 Å². The summed E-state index contributed by atoms with van der Waals surface area (Å²) in [7, 11) is -3.13. The van der Waals surface area contributed by atoms with E-state index in [0.717, 1.165) is 13.1 Å². The fourth-order valence-corrected chi connectivity index (χ4v) is 0.453. The normalized spacial score (nSPS) is 17.9. The van der Waals surface area contributed by atoms with E-state index in [-0.39, 0.29) is 0 Å². The van der Waals surface area contributed by atoms with Crippen molar-refractivity contribution in [3.63, 3.8) is 0 Å². The van der Waals surface area contributed by atoms with Gasteiger partial charge in [0.1, 0.15) is 0 Å². The molecular formula is C3H12N3O3P. The van der Waals surface area contributed by atoms with Crippen LogP contribution in [0.4, 0.5) is 0 Å². The molecule has 1 aliphatic heterocycles. The first kappa shape index (κ1) is 10.0. The van der Waals surface area contributed by atoms with E-state index in [4.69, 9.17) is 14.4 Å².